The van der Waals surface area contributed by atoms with Crippen LogP contribution >= 0.6 is 0 Å². The zero-order chi connectivity index (χ0) is 26.5. The van der Waals surface area contributed by atoms with Crippen molar-refractivity contribution >= 4 is 23.6 Å². The molecule has 11 nitrogen and oxygen atoms in total. The van der Waals surface area contributed by atoms with Crippen molar-refractivity contribution in [2.45, 2.75) is 47.0 Å². The van der Waals surface area contributed by atoms with E-state index in [-0.39, 0.29) is 48.8 Å². The van der Waals surface area contributed by atoms with Gasteiger partial charge in [-0.3, -0.25) is 19.2 Å². The fourth-order valence-corrected chi connectivity index (χ4v) is 2.82. The van der Waals surface area contributed by atoms with Gasteiger partial charge in [0.05, 0.1) is 65.2 Å². The minimum absolute atomic E-state index is 0.0394. The van der Waals surface area contributed by atoms with E-state index < -0.39 is 11.9 Å². The first-order chi connectivity index (χ1) is 16.6. The number of Topliss-reactive ketones (excluding diaryl/α,β-unsaturated/α-hetero) is 1. The summed E-state index contributed by atoms with van der Waals surface area (Å²) in [6.45, 7) is 11.1. The Morgan fingerprint density at radius 2 is 1.20 bits per heavy atom. The molecular formula is C24H44N2O9. The van der Waals surface area contributed by atoms with Gasteiger partial charge in [-0.05, 0) is 5.92 Å². The molecule has 0 aromatic heterocycles. The highest BCUT2D eigenvalue weighted by Crippen LogP contribution is 2.15. The summed E-state index contributed by atoms with van der Waals surface area (Å²) in [5.41, 5.74) is 0. The van der Waals surface area contributed by atoms with Crippen molar-refractivity contribution < 1.29 is 43.2 Å². The van der Waals surface area contributed by atoms with E-state index in [2.05, 4.69) is 10.6 Å². The Hall–Kier alpha value is -2.08. The number of carboxylic acid groups (broad SMARTS) is 1. The number of ketones is 1. The molecule has 11 heteroatoms. The van der Waals surface area contributed by atoms with E-state index in [1.165, 1.54) is 0 Å². The Balaban J connectivity index is 3.49. The van der Waals surface area contributed by atoms with Gasteiger partial charge in [0.25, 0.3) is 0 Å². The fourth-order valence-electron chi connectivity index (χ4n) is 2.82. The number of nitrogens with one attached hydrogen (secondary N) is 2. The van der Waals surface area contributed by atoms with E-state index in [4.69, 9.17) is 24.1 Å². The molecule has 3 N–H and O–H groups in total. The molecule has 0 fully saturated rings. The van der Waals surface area contributed by atoms with Gasteiger partial charge in [0.1, 0.15) is 5.78 Å². The lowest BCUT2D eigenvalue weighted by Gasteiger charge is -2.18. The highest BCUT2D eigenvalue weighted by atomic mass is 16.6. The number of carbonyl (C=O) groups excluding carboxylic acids is 3. The SMILES string of the molecule is CC(C)C(=O)CCOCCOCCOCCOCCNC(=O)CCNC(=O)C(CC(=O)O)C(C)C. The quantitative estimate of drug-likeness (QED) is 0.173. The third-order valence-electron chi connectivity index (χ3n) is 5.01. The lowest BCUT2D eigenvalue weighted by Crippen LogP contribution is -2.37. The number of ether oxygens (including phenoxy) is 4. The van der Waals surface area contributed by atoms with E-state index in [0.717, 1.165) is 0 Å². The average Bonchev–Trinajstić information content (AvgIpc) is 2.79. The Labute approximate surface area is 208 Å². The Kier molecular flexibility index (Phi) is 20.0. The molecule has 0 bridgehead atoms. The molecule has 0 aliphatic carbocycles. The predicted molar refractivity (Wildman–Crippen MR) is 129 cm³/mol. The molecular weight excluding hydrogens is 460 g/mol. The van der Waals surface area contributed by atoms with Crippen LogP contribution < -0.4 is 10.6 Å². The van der Waals surface area contributed by atoms with Crippen molar-refractivity contribution in [2.24, 2.45) is 17.8 Å². The molecule has 0 saturated heterocycles. The smallest absolute Gasteiger partial charge is 0.304 e. The second-order valence-corrected chi connectivity index (χ2v) is 8.66. The van der Waals surface area contributed by atoms with Gasteiger partial charge in [-0.25, -0.2) is 0 Å². The molecule has 0 saturated carbocycles. The topological polar surface area (TPSA) is 149 Å². The number of carboxylic acids is 1. The summed E-state index contributed by atoms with van der Waals surface area (Å²) in [6.07, 6.45) is 0.299. The molecule has 35 heavy (non-hydrogen) atoms. The number of hydrogen-bond acceptors (Lipinski definition) is 8. The van der Waals surface area contributed by atoms with Gasteiger partial charge in [0, 0.05) is 31.8 Å². The lowest BCUT2D eigenvalue weighted by molar-refractivity contribution is -0.142. The molecule has 2 amide bonds. The van der Waals surface area contributed by atoms with Gasteiger partial charge in [0.15, 0.2) is 0 Å². The summed E-state index contributed by atoms with van der Waals surface area (Å²) in [6, 6.07) is 0. The van der Waals surface area contributed by atoms with Crippen LogP contribution in [0.15, 0.2) is 0 Å². The fraction of sp³-hybridized carbons (Fsp3) is 0.833. The van der Waals surface area contributed by atoms with E-state index in [1.807, 2.05) is 13.8 Å². The van der Waals surface area contributed by atoms with Crippen LogP contribution in [0.4, 0.5) is 0 Å². The second-order valence-electron chi connectivity index (χ2n) is 8.66. The zero-order valence-electron chi connectivity index (χ0n) is 21.6. The summed E-state index contributed by atoms with van der Waals surface area (Å²) in [5, 5.41) is 14.2. The molecule has 0 aromatic rings. The summed E-state index contributed by atoms with van der Waals surface area (Å²) in [7, 11) is 0. The van der Waals surface area contributed by atoms with Crippen LogP contribution in [0.25, 0.3) is 0 Å². The van der Waals surface area contributed by atoms with Crippen molar-refractivity contribution in [1.29, 1.82) is 0 Å². The lowest BCUT2D eigenvalue weighted by atomic mass is 9.91. The third kappa shape index (κ3) is 19.9. The highest BCUT2D eigenvalue weighted by Gasteiger charge is 2.24. The van der Waals surface area contributed by atoms with E-state index in [9.17, 15) is 19.2 Å². The van der Waals surface area contributed by atoms with Crippen molar-refractivity contribution in [3.63, 3.8) is 0 Å². The van der Waals surface area contributed by atoms with Crippen molar-refractivity contribution in [1.82, 2.24) is 10.6 Å². The Bertz CT molecular complexity index is 612. The van der Waals surface area contributed by atoms with Crippen molar-refractivity contribution in [2.75, 3.05) is 65.9 Å². The van der Waals surface area contributed by atoms with E-state index in [0.29, 0.717) is 65.8 Å². The summed E-state index contributed by atoms with van der Waals surface area (Å²) >= 11 is 0. The number of aliphatic carboxylic acids is 1. The van der Waals surface area contributed by atoms with Crippen LogP contribution in [0.1, 0.15) is 47.0 Å². The summed E-state index contributed by atoms with van der Waals surface area (Å²) in [4.78, 5) is 46.2. The monoisotopic (exact) mass is 504 g/mol. The number of rotatable bonds is 23. The normalized spacial score (nSPS) is 12.1. The standard InChI is InChI=1S/C24H44N2O9/c1-18(2)20(17-23(29)30)24(31)26-7-5-22(28)25-8-10-33-12-14-35-16-15-34-13-11-32-9-6-21(27)19(3)4/h18-20H,5-17H2,1-4H3,(H,25,28)(H,26,31)(H,29,30). The Morgan fingerprint density at radius 1 is 0.686 bits per heavy atom. The minimum Gasteiger partial charge on any atom is -0.481 e. The molecule has 204 valence electrons. The molecule has 1 unspecified atom stereocenters. The first kappa shape index (κ1) is 32.9. The predicted octanol–water partition coefficient (Wildman–Crippen LogP) is 1.04. The van der Waals surface area contributed by atoms with Gasteiger partial charge in [-0.1, -0.05) is 27.7 Å². The largest absolute Gasteiger partial charge is 0.481 e. The maximum absolute atomic E-state index is 12.1. The molecule has 0 aromatic carbocycles. The maximum atomic E-state index is 12.1. The molecule has 0 radical (unpaired) electrons. The molecule has 1 atom stereocenters. The van der Waals surface area contributed by atoms with Gasteiger partial charge in [0.2, 0.25) is 11.8 Å². The molecule has 0 spiro atoms. The third-order valence-corrected chi connectivity index (χ3v) is 5.01. The van der Waals surface area contributed by atoms with Crippen molar-refractivity contribution in [3.05, 3.63) is 0 Å². The van der Waals surface area contributed by atoms with Crippen LogP contribution in [-0.2, 0) is 38.1 Å². The molecule has 0 aliphatic rings. The number of carbonyl (C=O) groups is 4. The first-order valence-electron chi connectivity index (χ1n) is 12.2. The minimum atomic E-state index is -1.02. The highest BCUT2D eigenvalue weighted by molar-refractivity contribution is 5.84. The summed E-state index contributed by atoms with van der Waals surface area (Å²) in [5.74, 6) is -2.10. The van der Waals surface area contributed by atoms with Gasteiger partial charge in [-0.15, -0.1) is 0 Å². The van der Waals surface area contributed by atoms with Crippen LogP contribution in [0, 0.1) is 17.8 Å². The second kappa shape index (κ2) is 21.2. The molecule has 0 rings (SSSR count). The molecule has 0 aliphatic heterocycles. The van der Waals surface area contributed by atoms with Gasteiger partial charge in [-0.2, -0.15) is 0 Å². The van der Waals surface area contributed by atoms with Crippen molar-refractivity contribution in [3.8, 4) is 0 Å². The number of amides is 2. The summed E-state index contributed by atoms with van der Waals surface area (Å²) < 4.78 is 21.5. The Morgan fingerprint density at radius 3 is 1.69 bits per heavy atom. The van der Waals surface area contributed by atoms with Crippen LogP contribution in [0.5, 0.6) is 0 Å². The van der Waals surface area contributed by atoms with Gasteiger partial charge >= 0.3 is 5.97 Å². The van der Waals surface area contributed by atoms with Crippen LogP contribution in [0.3, 0.4) is 0 Å². The van der Waals surface area contributed by atoms with E-state index in [1.54, 1.807) is 13.8 Å². The first-order valence-corrected chi connectivity index (χ1v) is 12.2. The number of hydrogen-bond donors (Lipinski definition) is 3. The average molecular weight is 505 g/mol. The molecule has 0 heterocycles. The van der Waals surface area contributed by atoms with Crippen LogP contribution in [0.2, 0.25) is 0 Å². The van der Waals surface area contributed by atoms with E-state index >= 15 is 0 Å². The van der Waals surface area contributed by atoms with Gasteiger partial charge < -0.3 is 34.7 Å². The maximum Gasteiger partial charge on any atom is 0.304 e. The zero-order valence-corrected chi connectivity index (χ0v) is 21.6. The van der Waals surface area contributed by atoms with Crippen LogP contribution in [-0.4, -0.2) is 94.6 Å².